The zero-order valence-corrected chi connectivity index (χ0v) is 23.5. The second-order valence-corrected chi connectivity index (χ2v) is 11.6. The first-order chi connectivity index (χ1) is 18.4. The molecule has 0 unspecified atom stereocenters. The average Bonchev–Trinajstić information content (AvgIpc) is 3.17. The van der Waals surface area contributed by atoms with Gasteiger partial charge in [0.1, 0.15) is 18.3 Å². The zero-order valence-electron chi connectivity index (χ0n) is 23.5. The summed E-state index contributed by atoms with van der Waals surface area (Å²) in [5.41, 5.74) is 0.830. The van der Waals surface area contributed by atoms with Crippen molar-refractivity contribution in [3.8, 4) is 0 Å². The fourth-order valence-electron chi connectivity index (χ4n) is 7.31. The van der Waals surface area contributed by atoms with Crippen molar-refractivity contribution >= 4 is 17.9 Å². The Bertz CT molecular complexity index is 1180. The molecular formula is C32H40O7. The number of rotatable bonds is 7. The molecule has 2 saturated carbocycles. The number of hydrogen-bond acceptors (Lipinski definition) is 7. The van der Waals surface area contributed by atoms with E-state index in [4.69, 9.17) is 14.2 Å². The molecule has 1 spiro atoms. The molecule has 0 bridgehead atoms. The molecule has 0 radical (unpaired) electrons. The van der Waals surface area contributed by atoms with Gasteiger partial charge in [0.05, 0.1) is 17.1 Å². The van der Waals surface area contributed by atoms with Crippen molar-refractivity contribution in [1.82, 2.24) is 0 Å². The molecular weight excluding hydrogens is 496 g/mol. The standard InChI is InChI=1S/C32H40O7/c1-7-19(2)13-14-31(6)20(3)15-28(39-30(36)23-11-9-8-10-12-23)32-25(16-24(35)17-27(31)32)26(37-21(4)33)18-29(32)38-22(5)34/h7-13,16,20,24,26-29,35H,1,14-15,17-18H2,2-6H3/b19-13+/t20-,24-,26+,27+,28+,29+,31-,32-/m0/s1. The van der Waals surface area contributed by atoms with E-state index in [0.717, 1.165) is 5.57 Å². The van der Waals surface area contributed by atoms with Crippen LogP contribution >= 0.6 is 0 Å². The number of hydrogen-bond donors (Lipinski definition) is 1. The lowest BCUT2D eigenvalue weighted by molar-refractivity contribution is -0.191. The molecule has 0 saturated heterocycles. The topological polar surface area (TPSA) is 99.1 Å². The summed E-state index contributed by atoms with van der Waals surface area (Å²) in [7, 11) is 0. The molecule has 4 rings (SSSR count). The summed E-state index contributed by atoms with van der Waals surface area (Å²) in [5, 5.41) is 11.1. The van der Waals surface area contributed by atoms with Crippen molar-refractivity contribution in [3.05, 3.63) is 71.8 Å². The summed E-state index contributed by atoms with van der Waals surface area (Å²) < 4.78 is 18.1. The molecule has 0 aliphatic heterocycles. The number of ether oxygens (including phenoxy) is 3. The summed E-state index contributed by atoms with van der Waals surface area (Å²) in [6, 6.07) is 8.81. The van der Waals surface area contributed by atoms with Crippen LogP contribution in [0.3, 0.4) is 0 Å². The highest BCUT2D eigenvalue weighted by molar-refractivity contribution is 5.89. The van der Waals surface area contributed by atoms with Crippen LogP contribution in [0.25, 0.3) is 0 Å². The maximum Gasteiger partial charge on any atom is 0.338 e. The predicted molar refractivity (Wildman–Crippen MR) is 146 cm³/mol. The summed E-state index contributed by atoms with van der Waals surface area (Å²) in [5.74, 6) is -1.54. The minimum atomic E-state index is -0.966. The van der Waals surface area contributed by atoms with Crippen LogP contribution in [-0.2, 0) is 23.8 Å². The van der Waals surface area contributed by atoms with Gasteiger partial charge in [0, 0.05) is 20.3 Å². The van der Waals surface area contributed by atoms with Gasteiger partial charge in [0.15, 0.2) is 0 Å². The molecule has 1 N–H and O–H groups in total. The van der Waals surface area contributed by atoms with Gasteiger partial charge in [0.2, 0.25) is 0 Å². The average molecular weight is 537 g/mol. The summed E-state index contributed by atoms with van der Waals surface area (Å²) >= 11 is 0. The molecule has 2 fully saturated rings. The third-order valence-electron chi connectivity index (χ3n) is 9.32. The van der Waals surface area contributed by atoms with E-state index in [2.05, 4.69) is 26.5 Å². The molecule has 8 atom stereocenters. The van der Waals surface area contributed by atoms with E-state index in [1.807, 2.05) is 19.1 Å². The van der Waals surface area contributed by atoms with E-state index in [9.17, 15) is 19.5 Å². The van der Waals surface area contributed by atoms with Crippen LogP contribution in [-0.4, -0.2) is 47.4 Å². The molecule has 210 valence electrons. The lowest BCUT2D eigenvalue weighted by Crippen LogP contribution is -2.63. The maximum atomic E-state index is 13.4. The van der Waals surface area contributed by atoms with Gasteiger partial charge in [-0.2, -0.15) is 0 Å². The Hall–Kier alpha value is -3.19. The summed E-state index contributed by atoms with van der Waals surface area (Å²) in [4.78, 5) is 38.0. The fraction of sp³-hybridized carbons (Fsp3) is 0.531. The SMILES string of the molecule is C=C/C(C)=C/C[C@]1(C)[C@H]2C[C@@H](O)C=C3[C@H](OC(C)=O)C[C@@H](OC(C)=O)[C@@]32[C@H](OC(=O)c2ccccc2)C[C@@H]1C. The highest BCUT2D eigenvalue weighted by atomic mass is 16.6. The zero-order chi connectivity index (χ0) is 28.5. The molecule has 39 heavy (non-hydrogen) atoms. The van der Waals surface area contributed by atoms with E-state index in [1.54, 1.807) is 30.3 Å². The summed E-state index contributed by atoms with van der Waals surface area (Å²) in [6.07, 6.45) is 4.69. The number of carbonyl (C=O) groups is 3. The molecule has 7 heteroatoms. The number of aliphatic hydroxyl groups is 1. The van der Waals surface area contributed by atoms with Crippen LogP contribution in [0.1, 0.15) is 70.7 Å². The second-order valence-electron chi connectivity index (χ2n) is 11.6. The Labute approximate surface area is 230 Å². The van der Waals surface area contributed by atoms with Crippen molar-refractivity contribution in [2.24, 2.45) is 22.7 Å². The van der Waals surface area contributed by atoms with Gasteiger partial charge < -0.3 is 19.3 Å². The Balaban J connectivity index is 1.91. The van der Waals surface area contributed by atoms with Crippen LogP contribution in [0.5, 0.6) is 0 Å². The molecule has 3 aliphatic rings. The van der Waals surface area contributed by atoms with Crippen LogP contribution in [0, 0.1) is 22.7 Å². The fourth-order valence-corrected chi connectivity index (χ4v) is 7.31. The summed E-state index contributed by atoms with van der Waals surface area (Å²) in [6.45, 7) is 12.9. The maximum absolute atomic E-state index is 13.4. The van der Waals surface area contributed by atoms with Crippen LogP contribution < -0.4 is 0 Å². The Morgan fingerprint density at radius 1 is 1.00 bits per heavy atom. The first kappa shape index (κ1) is 28.8. The minimum Gasteiger partial charge on any atom is -0.461 e. The Morgan fingerprint density at radius 2 is 1.64 bits per heavy atom. The van der Waals surface area contributed by atoms with E-state index < -0.39 is 47.7 Å². The quantitative estimate of drug-likeness (QED) is 0.217. The third-order valence-corrected chi connectivity index (χ3v) is 9.32. The first-order valence-corrected chi connectivity index (χ1v) is 13.7. The van der Waals surface area contributed by atoms with E-state index in [1.165, 1.54) is 13.8 Å². The van der Waals surface area contributed by atoms with E-state index in [0.29, 0.717) is 30.4 Å². The lowest BCUT2D eigenvalue weighted by atomic mass is 9.44. The highest BCUT2D eigenvalue weighted by Crippen LogP contribution is 2.68. The number of aliphatic hydroxyl groups excluding tert-OH is 1. The van der Waals surface area contributed by atoms with Gasteiger partial charge in [0.25, 0.3) is 0 Å². The van der Waals surface area contributed by atoms with Gasteiger partial charge >= 0.3 is 17.9 Å². The van der Waals surface area contributed by atoms with Crippen molar-refractivity contribution in [2.45, 2.75) is 84.7 Å². The molecule has 0 heterocycles. The molecule has 7 nitrogen and oxygen atoms in total. The van der Waals surface area contributed by atoms with Gasteiger partial charge in [-0.1, -0.05) is 62.4 Å². The van der Waals surface area contributed by atoms with E-state index >= 15 is 0 Å². The Morgan fingerprint density at radius 3 is 2.26 bits per heavy atom. The van der Waals surface area contributed by atoms with Gasteiger partial charge in [-0.25, -0.2) is 4.79 Å². The highest BCUT2D eigenvalue weighted by Gasteiger charge is 2.71. The predicted octanol–water partition coefficient (Wildman–Crippen LogP) is 5.34. The van der Waals surface area contributed by atoms with Crippen molar-refractivity contribution in [1.29, 1.82) is 0 Å². The monoisotopic (exact) mass is 536 g/mol. The largest absolute Gasteiger partial charge is 0.461 e. The van der Waals surface area contributed by atoms with Crippen LogP contribution in [0.4, 0.5) is 0 Å². The molecule has 3 aliphatic carbocycles. The van der Waals surface area contributed by atoms with Crippen molar-refractivity contribution in [2.75, 3.05) is 0 Å². The second kappa shape index (κ2) is 11.1. The molecule has 0 aromatic heterocycles. The van der Waals surface area contributed by atoms with E-state index in [-0.39, 0.29) is 23.7 Å². The van der Waals surface area contributed by atoms with Crippen molar-refractivity contribution < 1.29 is 33.7 Å². The third kappa shape index (κ3) is 5.21. The van der Waals surface area contributed by atoms with Gasteiger partial charge in [-0.05, 0) is 61.1 Å². The number of allylic oxidation sites excluding steroid dienone is 3. The normalized spacial score (nSPS) is 35.6. The van der Waals surface area contributed by atoms with Gasteiger partial charge in [-0.15, -0.1) is 0 Å². The molecule has 0 amide bonds. The van der Waals surface area contributed by atoms with Gasteiger partial charge in [-0.3, -0.25) is 9.59 Å². The molecule has 1 aromatic rings. The lowest BCUT2D eigenvalue weighted by Gasteiger charge is -2.61. The smallest absolute Gasteiger partial charge is 0.338 e. The number of carbonyl (C=O) groups excluding carboxylic acids is 3. The number of esters is 3. The Kier molecular flexibility index (Phi) is 8.22. The minimum absolute atomic E-state index is 0.0906. The number of benzene rings is 1. The van der Waals surface area contributed by atoms with Crippen LogP contribution in [0.15, 0.2) is 66.3 Å². The van der Waals surface area contributed by atoms with Crippen LogP contribution in [0.2, 0.25) is 0 Å². The van der Waals surface area contributed by atoms with Crippen molar-refractivity contribution in [3.63, 3.8) is 0 Å². The first-order valence-electron chi connectivity index (χ1n) is 13.7. The molecule has 1 aromatic carbocycles.